The number of amides is 3. The van der Waals surface area contributed by atoms with E-state index < -0.39 is 29.4 Å². The summed E-state index contributed by atoms with van der Waals surface area (Å²) < 4.78 is 14.2. The number of allylic oxidation sites excluding steroid dienone is 2. The average molecular weight is 800 g/mol. The summed E-state index contributed by atoms with van der Waals surface area (Å²) in [5.41, 5.74) is 10.5. The fourth-order valence-corrected chi connectivity index (χ4v) is 9.95. The Morgan fingerprint density at radius 2 is 1.93 bits per heavy atom. The summed E-state index contributed by atoms with van der Waals surface area (Å²) in [4.78, 5) is 66.3. The van der Waals surface area contributed by atoms with Gasteiger partial charge in [-0.05, 0) is 93.5 Å². The van der Waals surface area contributed by atoms with Gasteiger partial charge in [-0.2, -0.15) is 0 Å². The van der Waals surface area contributed by atoms with Gasteiger partial charge >= 0.3 is 5.97 Å². The molecule has 1 saturated carbocycles. The molecule has 3 amide bonds. The van der Waals surface area contributed by atoms with Crippen LogP contribution in [-0.4, -0.2) is 101 Å². The SMILES string of the molecule is CO[C@@H](C)C1=C(c2c3c4cc(ccc4n2C)C2CSC(=N2)C[C@H](NC(=O)C(=C2CCCC2)N(C)C(C)=O)C(=O)N2CCC[C@H](N2)C(=O)OCC(C)(C)C3)CCC=N1. The number of hydrogen-bond acceptors (Lipinski definition) is 10. The fraction of sp³-hybridized carbons (Fsp3) is 0.581. The predicted molar refractivity (Wildman–Crippen MR) is 223 cm³/mol. The topological polar surface area (TPSA) is 147 Å². The number of ether oxygens (including phenoxy) is 2. The third-order valence-electron chi connectivity index (χ3n) is 12.1. The first kappa shape index (κ1) is 40.9. The molecule has 1 saturated heterocycles. The molecule has 0 spiro atoms. The Morgan fingerprint density at radius 3 is 2.67 bits per heavy atom. The van der Waals surface area contributed by atoms with Gasteiger partial charge < -0.3 is 24.3 Å². The standard InChI is InChI=1S/C43H57N7O6S/c1-25(55-7)37-29(14-10-18-44-37)39-31-22-43(3,4)24-56-42(54)32-15-11-19-50(47-32)41(53)33(46-40(52)38(48(5)26(2)51)27-12-8-9-13-27)21-36-45-34(23-57-36)28-16-17-35(49(39)6)30(31)20-28/h16-18,20,25,32-34,47H,8-15,19,21-24H2,1-7H3,(H,46,52)/t25-,32-,33-,34?/m0/s1. The maximum absolute atomic E-state index is 14.4. The van der Waals surface area contributed by atoms with Crippen LogP contribution in [0, 0.1) is 5.41 Å². The van der Waals surface area contributed by atoms with Crippen molar-refractivity contribution in [1.82, 2.24) is 25.2 Å². The molecule has 2 fully saturated rings. The number of nitrogens with zero attached hydrogens (tertiary/aromatic N) is 5. The number of aliphatic imine (C=N–C) groups is 2. The number of thioether (sulfide) groups is 1. The smallest absolute Gasteiger partial charge is 0.324 e. The number of rotatable bonds is 6. The Labute approximate surface area is 339 Å². The van der Waals surface area contributed by atoms with Gasteiger partial charge in [0.05, 0.1) is 29.5 Å². The van der Waals surface area contributed by atoms with E-state index in [2.05, 4.69) is 54.4 Å². The van der Waals surface area contributed by atoms with Crippen molar-refractivity contribution in [2.75, 3.05) is 33.1 Å². The first-order valence-electron chi connectivity index (χ1n) is 20.4. The molecule has 5 heterocycles. The van der Waals surface area contributed by atoms with E-state index in [1.165, 1.54) is 28.0 Å². The van der Waals surface area contributed by atoms with Crippen molar-refractivity contribution in [3.63, 3.8) is 0 Å². The number of hydrogen-bond donors (Lipinski definition) is 2. The molecular weight excluding hydrogens is 743 g/mol. The second kappa shape index (κ2) is 16.9. The number of fused-ring (bicyclic) bond motifs is 5. The Morgan fingerprint density at radius 1 is 1.16 bits per heavy atom. The van der Waals surface area contributed by atoms with Gasteiger partial charge in [-0.25, -0.2) is 5.43 Å². The number of cyclic esters (lactones) is 1. The lowest BCUT2D eigenvalue weighted by Crippen LogP contribution is -2.60. The Balaban J connectivity index is 1.31. The lowest BCUT2D eigenvalue weighted by Gasteiger charge is -2.36. The molecule has 4 aliphatic heterocycles. The number of aryl methyl sites for hydroxylation is 1. The van der Waals surface area contributed by atoms with E-state index in [0.29, 0.717) is 37.3 Å². The van der Waals surface area contributed by atoms with Crippen molar-refractivity contribution in [2.45, 2.75) is 116 Å². The maximum atomic E-state index is 14.4. The van der Waals surface area contributed by atoms with Crippen LogP contribution in [-0.2, 0) is 42.1 Å². The Bertz CT molecular complexity index is 2070. The highest BCUT2D eigenvalue weighted by Gasteiger charge is 2.38. The molecule has 13 nitrogen and oxygen atoms in total. The fourth-order valence-electron chi connectivity index (χ4n) is 8.84. The molecule has 306 valence electrons. The van der Waals surface area contributed by atoms with Crippen LogP contribution in [0.25, 0.3) is 16.5 Å². The molecule has 14 heteroatoms. The average Bonchev–Trinajstić information content (AvgIpc) is 3.96. The highest BCUT2D eigenvalue weighted by Crippen LogP contribution is 2.42. The van der Waals surface area contributed by atoms with Gasteiger partial charge in [-0.1, -0.05) is 19.9 Å². The van der Waals surface area contributed by atoms with Crippen molar-refractivity contribution in [1.29, 1.82) is 0 Å². The summed E-state index contributed by atoms with van der Waals surface area (Å²) in [5, 5.41) is 6.37. The number of benzene rings is 1. The molecule has 1 unspecified atom stereocenters. The molecule has 5 aliphatic rings. The molecule has 4 atom stereocenters. The number of carbonyl (C=O) groups is 4. The van der Waals surface area contributed by atoms with Gasteiger partial charge in [-0.15, -0.1) is 11.8 Å². The first-order chi connectivity index (χ1) is 27.3. The van der Waals surface area contributed by atoms with Crippen molar-refractivity contribution >= 4 is 63.2 Å². The number of nitrogens with one attached hydrogen (secondary N) is 2. The third kappa shape index (κ3) is 8.49. The largest absolute Gasteiger partial charge is 0.464 e. The van der Waals surface area contributed by atoms with Crippen LogP contribution in [0.3, 0.4) is 0 Å². The number of likely N-dealkylation sites (N-methyl/N-ethyl adjacent to an activating group) is 1. The minimum absolute atomic E-state index is 0.148. The first-order valence-corrected chi connectivity index (χ1v) is 21.4. The van der Waals surface area contributed by atoms with Crippen LogP contribution in [0.1, 0.15) is 108 Å². The summed E-state index contributed by atoms with van der Waals surface area (Å²) in [6.45, 7) is 8.26. The molecule has 6 bridgehead atoms. The molecule has 7 rings (SSSR count). The summed E-state index contributed by atoms with van der Waals surface area (Å²) in [5.74, 6) is -0.795. The molecule has 2 N–H and O–H groups in total. The third-order valence-corrected chi connectivity index (χ3v) is 13.1. The zero-order valence-corrected chi connectivity index (χ0v) is 35.2. The quantitative estimate of drug-likeness (QED) is 0.277. The predicted octanol–water partition coefficient (Wildman–Crippen LogP) is 5.78. The Hall–Kier alpha value is -4.27. The van der Waals surface area contributed by atoms with E-state index in [-0.39, 0.29) is 37.0 Å². The molecule has 1 aromatic heterocycles. The van der Waals surface area contributed by atoms with Gasteiger partial charge in [0, 0.05) is 80.6 Å². The number of carbonyl (C=O) groups excluding carboxylic acids is 4. The Kier molecular flexibility index (Phi) is 12.1. The highest BCUT2D eigenvalue weighted by molar-refractivity contribution is 8.14. The number of hydrazine groups is 1. The van der Waals surface area contributed by atoms with Gasteiger partial charge in [0.1, 0.15) is 17.8 Å². The number of aromatic nitrogens is 1. The summed E-state index contributed by atoms with van der Waals surface area (Å²) in [7, 11) is 5.43. The van der Waals surface area contributed by atoms with E-state index in [0.717, 1.165) is 77.0 Å². The van der Waals surface area contributed by atoms with Crippen molar-refractivity contribution < 1.29 is 28.7 Å². The van der Waals surface area contributed by atoms with E-state index in [1.54, 1.807) is 25.9 Å². The maximum Gasteiger partial charge on any atom is 0.324 e. The summed E-state index contributed by atoms with van der Waals surface area (Å²) in [6, 6.07) is 4.71. The second-order valence-electron chi connectivity index (χ2n) is 16.8. The van der Waals surface area contributed by atoms with E-state index in [9.17, 15) is 19.2 Å². The molecule has 57 heavy (non-hydrogen) atoms. The number of methoxy groups -OCH3 is 1. The van der Waals surface area contributed by atoms with Crippen molar-refractivity contribution in [3.05, 3.63) is 52.0 Å². The summed E-state index contributed by atoms with van der Waals surface area (Å²) >= 11 is 1.60. The second-order valence-corrected chi connectivity index (χ2v) is 17.9. The normalized spacial score (nSPS) is 24.6. The van der Waals surface area contributed by atoms with Crippen LogP contribution in [0.4, 0.5) is 0 Å². The number of esters is 1. The minimum Gasteiger partial charge on any atom is -0.464 e. The van der Waals surface area contributed by atoms with Gasteiger partial charge in [-0.3, -0.25) is 34.2 Å². The molecule has 1 aromatic carbocycles. The zero-order valence-electron chi connectivity index (χ0n) is 34.4. The van der Waals surface area contributed by atoms with E-state index >= 15 is 0 Å². The zero-order chi connectivity index (χ0) is 40.6. The minimum atomic E-state index is -0.985. The van der Waals surface area contributed by atoms with Gasteiger partial charge in [0.15, 0.2) is 0 Å². The van der Waals surface area contributed by atoms with Crippen molar-refractivity contribution in [2.24, 2.45) is 22.4 Å². The van der Waals surface area contributed by atoms with Crippen LogP contribution < -0.4 is 10.7 Å². The molecule has 1 aliphatic carbocycles. The highest BCUT2D eigenvalue weighted by atomic mass is 32.2. The summed E-state index contributed by atoms with van der Waals surface area (Å²) in [6.07, 6.45) is 8.72. The van der Waals surface area contributed by atoms with Crippen LogP contribution >= 0.6 is 11.8 Å². The lowest BCUT2D eigenvalue weighted by atomic mass is 9.83. The van der Waals surface area contributed by atoms with E-state index in [1.807, 2.05) is 13.1 Å². The van der Waals surface area contributed by atoms with Crippen LogP contribution in [0.2, 0.25) is 0 Å². The van der Waals surface area contributed by atoms with Crippen LogP contribution in [0.15, 0.2) is 45.2 Å². The van der Waals surface area contributed by atoms with E-state index in [4.69, 9.17) is 19.5 Å². The van der Waals surface area contributed by atoms with Crippen LogP contribution in [0.5, 0.6) is 0 Å². The van der Waals surface area contributed by atoms with Gasteiger partial charge in [0.2, 0.25) is 5.91 Å². The van der Waals surface area contributed by atoms with Crippen molar-refractivity contribution in [3.8, 4) is 0 Å². The lowest BCUT2D eigenvalue weighted by molar-refractivity contribution is -0.155. The molecule has 2 aromatic rings. The van der Waals surface area contributed by atoms with Gasteiger partial charge in [0.25, 0.3) is 11.8 Å². The monoisotopic (exact) mass is 799 g/mol. The molecule has 0 radical (unpaired) electrons. The molecular formula is C43H57N7O6S.